The first-order valence-corrected chi connectivity index (χ1v) is 4.18. The van der Waals surface area contributed by atoms with Crippen molar-refractivity contribution in [1.29, 1.82) is 0 Å². The van der Waals surface area contributed by atoms with Crippen LogP contribution in [0.15, 0.2) is 0 Å². The Balaban J connectivity index is 2.40. The Morgan fingerprint density at radius 3 is 2.60 bits per heavy atom. The second kappa shape index (κ2) is 3.35. The SMILES string of the molecule is CC(C)N1CCNCC1C. The van der Waals surface area contributed by atoms with Gasteiger partial charge in [-0.1, -0.05) is 0 Å². The molecule has 2 nitrogen and oxygen atoms in total. The van der Waals surface area contributed by atoms with Crippen LogP contribution in [0.3, 0.4) is 0 Å². The molecule has 1 unspecified atom stereocenters. The average molecular weight is 142 g/mol. The summed E-state index contributed by atoms with van der Waals surface area (Å²) in [5.74, 6) is 0. The maximum absolute atomic E-state index is 3.38. The van der Waals surface area contributed by atoms with Crippen LogP contribution in [0.4, 0.5) is 0 Å². The summed E-state index contributed by atoms with van der Waals surface area (Å²) < 4.78 is 0. The molecule has 0 bridgehead atoms. The van der Waals surface area contributed by atoms with Crippen LogP contribution in [-0.2, 0) is 0 Å². The predicted molar refractivity (Wildman–Crippen MR) is 44.2 cm³/mol. The Labute approximate surface area is 63.6 Å². The summed E-state index contributed by atoms with van der Waals surface area (Å²) in [6.45, 7) is 10.3. The fourth-order valence-electron chi connectivity index (χ4n) is 1.62. The van der Waals surface area contributed by atoms with Gasteiger partial charge in [0.2, 0.25) is 0 Å². The van der Waals surface area contributed by atoms with Crippen molar-refractivity contribution < 1.29 is 0 Å². The van der Waals surface area contributed by atoms with Gasteiger partial charge in [-0.25, -0.2) is 0 Å². The molecular formula is C8H18N2. The van der Waals surface area contributed by atoms with E-state index in [-0.39, 0.29) is 0 Å². The molecule has 1 aliphatic rings. The Hall–Kier alpha value is -0.0800. The van der Waals surface area contributed by atoms with Gasteiger partial charge in [0.15, 0.2) is 0 Å². The Kier molecular flexibility index (Phi) is 2.69. The van der Waals surface area contributed by atoms with E-state index in [0.29, 0.717) is 12.1 Å². The highest BCUT2D eigenvalue weighted by atomic mass is 15.2. The zero-order valence-electron chi connectivity index (χ0n) is 7.22. The lowest BCUT2D eigenvalue weighted by molar-refractivity contribution is 0.135. The molecule has 1 atom stereocenters. The summed E-state index contributed by atoms with van der Waals surface area (Å²) in [5, 5.41) is 3.38. The quantitative estimate of drug-likeness (QED) is 0.579. The van der Waals surface area contributed by atoms with Crippen LogP contribution < -0.4 is 5.32 Å². The monoisotopic (exact) mass is 142 g/mol. The summed E-state index contributed by atoms with van der Waals surface area (Å²) in [5.41, 5.74) is 0. The van der Waals surface area contributed by atoms with E-state index in [2.05, 4.69) is 31.0 Å². The normalized spacial score (nSPS) is 29.4. The third-order valence-electron chi connectivity index (χ3n) is 2.22. The molecule has 0 aromatic rings. The van der Waals surface area contributed by atoms with Crippen LogP contribution in [0, 0.1) is 0 Å². The lowest BCUT2D eigenvalue weighted by Crippen LogP contribution is -2.52. The smallest absolute Gasteiger partial charge is 0.0195 e. The van der Waals surface area contributed by atoms with Gasteiger partial charge in [-0.05, 0) is 20.8 Å². The summed E-state index contributed by atoms with van der Waals surface area (Å²) in [7, 11) is 0. The highest BCUT2D eigenvalue weighted by molar-refractivity contribution is 4.77. The minimum atomic E-state index is 0.706. The molecule has 0 radical (unpaired) electrons. The van der Waals surface area contributed by atoms with Crippen molar-refractivity contribution in [1.82, 2.24) is 10.2 Å². The highest BCUT2D eigenvalue weighted by Crippen LogP contribution is 2.06. The molecule has 10 heavy (non-hydrogen) atoms. The lowest BCUT2D eigenvalue weighted by Gasteiger charge is -2.36. The molecule has 0 saturated carbocycles. The van der Waals surface area contributed by atoms with Crippen molar-refractivity contribution in [2.45, 2.75) is 32.9 Å². The number of rotatable bonds is 1. The van der Waals surface area contributed by atoms with Crippen LogP contribution in [0.1, 0.15) is 20.8 Å². The predicted octanol–water partition coefficient (Wildman–Crippen LogP) is 0.689. The van der Waals surface area contributed by atoms with Crippen molar-refractivity contribution in [2.24, 2.45) is 0 Å². The van der Waals surface area contributed by atoms with Gasteiger partial charge in [0.05, 0.1) is 0 Å². The Morgan fingerprint density at radius 2 is 2.20 bits per heavy atom. The van der Waals surface area contributed by atoms with Crippen LogP contribution in [0.2, 0.25) is 0 Å². The summed E-state index contributed by atoms with van der Waals surface area (Å²) >= 11 is 0. The first-order chi connectivity index (χ1) is 4.72. The molecule has 2 heteroatoms. The molecule has 1 heterocycles. The van der Waals surface area contributed by atoms with E-state index in [9.17, 15) is 0 Å². The second-order valence-electron chi connectivity index (χ2n) is 3.38. The minimum Gasteiger partial charge on any atom is -0.314 e. The van der Waals surface area contributed by atoms with Crippen LogP contribution in [-0.4, -0.2) is 36.6 Å². The van der Waals surface area contributed by atoms with Gasteiger partial charge in [-0.15, -0.1) is 0 Å². The summed E-state index contributed by atoms with van der Waals surface area (Å²) in [6, 6.07) is 1.42. The third kappa shape index (κ3) is 1.70. The summed E-state index contributed by atoms with van der Waals surface area (Å²) in [6.07, 6.45) is 0. The molecule has 0 amide bonds. The maximum Gasteiger partial charge on any atom is 0.0195 e. The van der Waals surface area contributed by atoms with Gasteiger partial charge >= 0.3 is 0 Å². The van der Waals surface area contributed by atoms with Crippen LogP contribution in [0.25, 0.3) is 0 Å². The fourth-order valence-corrected chi connectivity index (χ4v) is 1.62. The molecule has 0 aromatic carbocycles. The van der Waals surface area contributed by atoms with Gasteiger partial charge in [0.1, 0.15) is 0 Å². The number of nitrogens with zero attached hydrogens (tertiary/aromatic N) is 1. The third-order valence-corrected chi connectivity index (χ3v) is 2.22. The molecule has 1 fully saturated rings. The minimum absolute atomic E-state index is 0.706. The number of hydrogen-bond acceptors (Lipinski definition) is 2. The zero-order chi connectivity index (χ0) is 7.56. The van der Waals surface area contributed by atoms with Gasteiger partial charge in [0, 0.05) is 31.7 Å². The van der Waals surface area contributed by atoms with E-state index in [1.807, 2.05) is 0 Å². The van der Waals surface area contributed by atoms with Gasteiger partial charge in [0.25, 0.3) is 0 Å². The van der Waals surface area contributed by atoms with Gasteiger partial charge in [-0.3, -0.25) is 4.90 Å². The number of piperazine rings is 1. The zero-order valence-corrected chi connectivity index (χ0v) is 7.22. The van der Waals surface area contributed by atoms with Crippen molar-refractivity contribution in [2.75, 3.05) is 19.6 Å². The van der Waals surface area contributed by atoms with E-state index in [4.69, 9.17) is 0 Å². The standard InChI is InChI=1S/C8H18N2/c1-7(2)10-5-4-9-6-8(10)3/h7-9H,4-6H2,1-3H3. The molecule has 0 aromatic heterocycles. The van der Waals surface area contributed by atoms with E-state index in [0.717, 1.165) is 13.1 Å². The van der Waals surface area contributed by atoms with Crippen molar-refractivity contribution in [3.05, 3.63) is 0 Å². The van der Waals surface area contributed by atoms with Crippen molar-refractivity contribution >= 4 is 0 Å². The van der Waals surface area contributed by atoms with E-state index >= 15 is 0 Å². The van der Waals surface area contributed by atoms with E-state index in [1.54, 1.807) is 0 Å². The average Bonchev–Trinajstić information content (AvgIpc) is 1.88. The topological polar surface area (TPSA) is 15.3 Å². The molecule has 0 spiro atoms. The van der Waals surface area contributed by atoms with E-state index < -0.39 is 0 Å². The highest BCUT2D eigenvalue weighted by Gasteiger charge is 2.19. The molecule has 1 aliphatic heterocycles. The molecule has 1 N–H and O–H groups in total. The maximum atomic E-state index is 3.38. The number of hydrogen-bond donors (Lipinski definition) is 1. The molecule has 0 aliphatic carbocycles. The first-order valence-electron chi connectivity index (χ1n) is 4.18. The molecule has 1 saturated heterocycles. The number of nitrogens with one attached hydrogen (secondary N) is 1. The van der Waals surface area contributed by atoms with Gasteiger partial charge in [-0.2, -0.15) is 0 Å². The van der Waals surface area contributed by atoms with E-state index in [1.165, 1.54) is 6.54 Å². The second-order valence-corrected chi connectivity index (χ2v) is 3.38. The Morgan fingerprint density at radius 1 is 1.50 bits per heavy atom. The van der Waals surface area contributed by atoms with Gasteiger partial charge < -0.3 is 5.32 Å². The van der Waals surface area contributed by atoms with Crippen LogP contribution in [0.5, 0.6) is 0 Å². The van der Waals surface area contributed by atoms with Crippen molar-refractivity contribution in [3.8, 4) is 0 Å². The molecular weight excluding hydrogens is 124 g/mol. The van der Waals surface area contributed by atoms with Crippen molar-refractivity contribution in [3.63, 3.8) is 0 Å². The summed E-state index contributed by atoms with van der Waals surface area (Å²) in [4.78, 5) is 2.54. The Bertz CT molecular complexity index is 101. The molecule has 60 valence electrons. The first kappa shape index (κ1) is 8.02. The van der Waals surface area contributed by atoms with Crippen LogP contribution >= 0.6 is 0 Å². The lowest BCUT2D eigenvalue weighted by atomic mass is 10.2. The molecule has 1 rings (SSSR count). The fraction of sp³-hybridized carbons (Fsp3) is 1.00. The largest absolute Gasteiger partial charge is 0.314 e.